The summed E-state index contributed by atoms with van der Waals surface area (Å²) >= 11 is 3.37. The van der Waals surface area contributed by atoms with Gasteiger partial charge in [-0.25, -0.2) is 9.03 Å². The molecule has 0 radical (unpaired) electrons. The Balaban J connectivity index is 0.000000225. The van der Waals surface area contributed by atoms with Crippen molar-refractivity contribution in [2.24, 2.45) is 33.8 Å². The van der Waals surface area contributed by atoms with Gasteiger partial charge in [0.2, 0.25) is 11.8 Å². The molecule has 0 spiro atoms. The lowest BCUT2D eigenvalue weighted by molar-refractivity contribution is -0.127. The number of nitrogens with zero attached hydrogens (tertiary/aromatic N) is 4. The highest BCUT2D eigenvalue weighted by molar-refractivity contribution is 9.10. The predicted molar refractivity (Wildman–Crippen MR) is 242 cm³/mol. The Labute approximate surface area is 367 Å². The molecular formula is C42H52BBrN10O8. The molecule has 0 unspecified atom stereocenters. The fourth-order valence-electron chi connectivity index (χ4n) is 5.70. The predicted octanol–water partition coefficient (Wildman–Crippen LogP) is 3.30. The number of carbonyl (C=O) groups excluding carboxylic acids is 4. The van der Waals surface area contributed by atoms with Gasteiger partial charge in [0.1, 0.15) is 11.5 Å². The largest absolute Gasteiger partial charge is 0.497 e. The molecule has 0 aliphatic carbocycles. The second-order valence-electron chi connectivity index (χ2n) is 15.4. The summed E-state index contributed by atoms with van der Waals surface area (Å²) in [5.41, 5.74) is 25.5. The van der Waals surface area contributed by atoms with Gasteiger partial charge in [0.05, 0.1) is 71.0 Å². The van der Waals surface area contributed by atoms with Crippen LogP contribution >= 0.6 is 15.9 Å². The van der Waals surface area contributed by atoms with E-state index in [1.165, 1.54) is 12.4 Å². The average Bonchev–Trinajstić information content (AvgIpc) is 3.85. The molecule has 2 atom stereocenters. The van der Waals surface area contributed by atoms with Crippen molar-refractivity contribution < 1.29 is 38.7 Å². The second-order valence-corrected chi connectivity index (χ2v) is 16.3. The van der Waals surface area contributed by atoms with Gasteiger partial charge >= 0.3 is 7.12 Å². The number of benzene rings is 2. The van der Waals surface area contributed by atoms with Crippen LogP contribution in [-0.2, 0) is 9.59 Å². The van der Waals surface area contributed by atoms with E-state index in [-0.39, 0.29) is 23.2 Å². The van der Waals surface area contributed by atoms with Gasteiger partial charge in [0.15, 0.2) is 0 Å². The van der Waals surface area contributed by atoms with Crippen LogP contribution in [0.3, 0.4) is 0 Å². The van der Waals surface area contributed by atoms with Crippen molar-refractivity contribution >= 4 is 74.5 Å². The Bertz CT molecular complexity index is 2560. The van der Waals surface area contributed by atoms with Crippen LogP contribution in [-0.4, -0.2) is 86.3 Å². The number of methoxy groups -OCH3 is 2. The second kappa shape index (κ2) is 19.8. The Morgan fingerprint density at radius 1 is 0.677 bits per heavy atom. The van der Waals surface area contributed by atoms with E-state index in [1.54, 1.807) is 81.4 Å². The molecule has 4 aromatic heterocycles. The van der Waals surface area contributed by atoms with Gasteiger partial charge in [0, 0.05) is 34.5 Å². The molecule has 62 heavy (non-hydrogen) atoms. The average molecular weight is 916 g/mol. The lowest BCUT2D eigenvalue weighted by Gasteiger charge is -2.30. The number of hydrogen-bond donors (Lipinski definition) is 8. The number of primary amides is 4. The smallest absolute Gasteiger partial charge is 0.488 e. The SMILES string of the molecule is COc1ccc(-c2cc3c(N[C@H](C)C(C)(C)C(N)=O)c(C(N)=O)cnn3c2)cc1.COc1ccc(B(O)O)cc1.C[C@@H](Nc1c(C(N)=O)cnn2cc(Br)cc12)C(C)(C)C(N)=O. The van der Waals surface area contributed by atoms with Gasteiger partial charge in [-0.15, -0.1) is 0 Å². The van der Waals surface area contributed by atoms with Gasteiger partial charge in [-0.1, -0.05) is 24.3 Å². The zero-order valence-corrected chi connectivity index (χ0v) is 37.2. The Kier molecular flexibility index (Phi) is 15.4. The fourth-order valence-corrected chi connectivity index (χ4v) is 6.11. The van der Waals surface area contributed by atoms with E-state index in [1.807, 2.05) is 56.4 Å². The van der Waals surface area contributed by atoms with E-state index in [4.69, 9.17) is 42.5 Å². The summed E-state index contributed by atoms with van der Waals surface area (Å²) in [4.78, 5) is 47.1. The number of anilines is 2. The van der Waals surface area contributed by atoms with Crippen molar-refractivity contribution in [1.29, 1.82) is 0 Å². The van der Waals surface area contributed by atoms with Crippen LogP contribution in [0.15, 0.2) is 89.9 Å². The molecule has 6 rings (SSSR count). The normalized spacial score (nSPS) is 12.2. The van der Waals surface area contributed by atoms with Gasteiger partial charge in [0.25, 0.3) is 11.8 Å². The molecule has 20 heteroatoms. The fraction of sp³-hybridized carbons (Fsp3) is 0.286. The maximum absolute atomic E-state index is 12.0. The van der Waals surface area contributed by atoms with Crippen molar-refractivity contribution in [3.05, 3.63) is 101 Å². The topological polar surface area (TPSA) is 290 Å². The van der Waals surface area contributed by atoms with Crippen LogP contribution in [0.5, 0.6) is 11.5 Å². The van der Waals surface area contributed by atoms with Crippen molar-refractivity contribution in [2.75, 3.05) is 24.9 Å². The number of carbonyl (C=O) groups is 4. The number of rotatable bonds is 14. The van der Waals surface area contributed by atoms with Crippen molar-refractivity contribution in [1.82, 2.24) is 19.2 Å². The summed E-state index contributed by atoms with van der Waals surface area (Å²) in [5.74, 6) is -0.629. The van der Waals surface area contributed by atoms with E-state index in [2.05, 4.69) is 36.8 Å². The molecule has 0 aliphatic heterocycles. The minimum Gasteiger partial charge on any atom is -0.497 e. The number of amides is 4. The molecule has 0 aliphatic rings. The Morgan fingerprint density at radius 3 is 1.47 bits per heavy atom. The molecule has 0 fully saturated rings. The number of nitrogens with one attached hydrogen (secondary N) is 2. The molecule has 4 heterocycles. The minimum absolute atomic E-state index is 0.240. The Morgan fingerprint density at radius 2 is 1.08 bits per heavy atom. The lowest BCUT2D eigenvalue weighted by Crippen LogP contribution is -2.44. The third-order valence-corrected chi connectivity index (χ3v) is 11.2. The number of ether oxygens (including phenoxy) is 2. The van der Waals surface area contributed by atoms with E-state index in [9.17, 15) is 19.2 Å². The third-order valence-electron chi connectivity index (χ3n) is 10.8. The highest BCUT2D eigenvalue weighted by Gasteiger charge is 2.34. The molecule has 2 aromatic carbocycles. The van der Waals surface area contributed by atoms with Gasteiger partial charge in [-0.05, 0) is 105 Å². The molecule has 0 saturated carbocycles. The number of hydrogen-bond acceptors (Lipinski definition) is 12. The summed E-state index contributed by atoms with van der Waals surface area (Å²) in [5, 5.41) is 32.3. The molecular weight excluding hydrogens is 863 g/mol. The summed E-state index contributed by atoms with van der Waals surface area (Å²) in [6.07, 6.45) is 6.43. The standard InChI is InChI=1S/C21H25N5O3.C14H18BrN5O2.C7H9BO3/c1-12(21(2,3)20(23)28)25-18-16(19(22)27)10-24-26-11-14(9-17(18)26)13-5-7-15(29-4)8-6-13;1-7(14(2,3)13(17)22)19-11-9(12(16)21)5-18-20-6-8(15)4-10(11)20;1-11-7-4-2-6(3-5-7)8(9)10/h5-12,25H,1-4H3,(H2,22,27)(H2,23,28);4-7,19H,1-3H3,(H2,16,21)(H2,17,22);2-5,9-10H,1H3/t12-;7-;/m11./s1. The summed E-state index contributed by atoms with van der Waals surface area (Å²) < 4.78 is 14.2. The van der Waals surface area contributed by atoms with Crippen LogP contribution in [0.25, 0.3) is 22.2 Å². The van der Waals surface area contributed by atoms with E-state index >= 15 is 0 Å². The number of nitrogens with two attached hydrogens (primary N) is 4. The quantitative estimate of drug-likeness (QED) is 0.0731. The molecule has 0 bridgehead atoms. The summed E-state index contributed by atoms with van der Waals surface area (Å²) in [6, 6.07) is 17.2. The van der Waals surface area contributed by atoms with Crippen LogP contribution < -0.4 is 48.5 Å². The lowest BCUT2D eigenvalue weighted by atomic mass is 9.80. The first kappa shape index (κ1) is 48.0. The molecule has 0 saturated heterocycles. The molecule has 4 amide bonds. The molecule has 6 aromatic rings. The summed E-state index contributed by atoms with van der Waals surface area (Å²) in [6.45, 7) is 10.6. The van der Waals surface area contributed by atoms with Crippen LogP contribution in [0, 0.1) is 10.8 Å². The highest BCUT2D eigenvalue weighted by atomic mass is 79.9. The van der Waals surface area contributed by atoms with Gasteiger partial charge in [-0.2, -0.15) is 10.2 Å². The third kappa shape index (κ3) is 11.0. The molecule has 328 valence electrons. The van der Waals surface area contributed by atoms with Crippen LogP contribution in [0.2, 0.25) is 0 Å². The monoisotopic (exact) mass is 914 g/mol. The van der Waals surface area contributed by atoms with Crippen molar-refractivity contribution in [3.63, 3.8) is 0 Å². The highest BCUT2D eigenvalue weighted by Crippen LogP contribution is 2.33. The minimum atomic E-state index is -1.40. The number of halogens is 1. The van der Waals surface area contributed by atoms with Crippen LogP contribution in [0.4, 0.5) is 11.4 Å². The molecule has 18 nitrogen and oxygen atoms in total. The van der Waals surface area contributed by atoms with Crippen LogP contribution in [0.1, 0.15) is 62.3 Å². The number of fused-ring (bicyclic) bond motifs is 2. The Hall–Kier alpha value is -6.64. The van der Waals surface area contributed by atoms with E-state index in [0.29, 0.717) is 33.6 Å². The van der Waals surface area contributed by atoms with E-state index < -0.39 is 41.6 Å². The zero-order chi connectivity index (χ0) is 46.3. The maximum Gasteiger partial charge on any atom is 0.488 e. The first-order valence-corrected chi connectivity index (χ1v) is 19.9. The first-order valence-electron chi connectivity index (χ1n) is 19.1. The zero-order valence-electron chi connectivity index (χ0n) is 35.6. The van der Waals surface area contributed by atoms with Gasteiger partial charge < -0.3 is 53.1 Å². The van der Waals surface area contributed by atoms with Crippen molar-refractivity contribution in [2.45, 2.75) is 53.6 Å². The maximum atomic E-state index is 12.0. The van der Waals surface area contributed by atoms with E-state index in [0.717, 1.165) is 21.3 Å². The first-order chi connectivity index (χ1) is 29.0. The number of aromatic nitrogens is 4. The van der Waals surface area contributed by atoms with Gasteiger partial charge in [-0.3, -0.25) is 19.2 Å². The van der Waals surface area contributed by atoms with Crippen molar-refractivity contribution in [3.8, 4) is 22.6 Å². The summed E-state index contributed by atoms with van der Waals surface area (Å²) in [7, 11) is 1.77. The molecule has 12 N–H and O–H groups in total.